The molecule has 0 bridgehead atoms. The van der Waals surface area contributed by atoms with Crippen LogP contribution in [0.15, 0.2) is 57.5 Å². The van der Waals surface area contributed by atoms with Crippen LogP contribution in [0, 0.1) is 17.1 Å². The molecule has 26 heavy (non-hydrogen) atoms. The maximum Gasteiger partial charge on any atom is 0.271 e. The molecule has 5 nitrogen and oxygen atoms in total. The lowest BCUT2D eigenvalue weighted by molar-refractivity contribution is -0.140. The monoisotopic (exact) mass is 350 g/mol. The molecule has 1 aromatic heterocycles. The predicted octanol–water partition coefficient (Wildman–Crippen LogP) is 3.70. The Bertz CT molecular complexity index is 991. The zero-order valence-corrected chi connectivity index (χ0v) is 14.2. The van der Waals surface area contributed by atoms with Gasteiger partial charge in [0.05, 0.1) is 0 Å². The molecule has 0 radical (unpaired) electrons. The Morgan fingerprint density at radius 2 is 1.85 bits per heavy atom. The van der Waals surface area contributed by atoms with Gasteiger partial charge < -0.3 is 4.42 Å². The quantitative estimate of drug-likeness (QED) is 0.625. The molecule has 3 rings (SSSR count). The second kappa shape index (κ2) is 6.81. The number of nitrogens with zero attached hydrogens (tertiary/aromatic N) is 2. The molecule has 0 spiro atoms. The molecule has 0 saturated heterocycles. The number of nitriles is 1. The predicted molar refractivity (Wildman–Crippen MR) is 92.8 cm³/mol. The van der Waals surface area contributed by atoms with Crippen molar-refractivity contribution < 1.29 is 18.4 Å². The van der Waals surface area contributed by atoms with Crippen LogP contribution in [0.2, 0.25) is 0 Å². The average molecular weight is 350 g/mol. The minimum Gasteiger partial charge on any atom is -0.457 e. The molecule has 2 amide bonds. The van der Waals surface area contributed by atoms with E-state index in [1.807, 2.05) is 6.07 Å². The standard InChI is InChI=1S/C20H15FN2O3/c1-3-23-19(24)16(12(2)17(11-22)20(23)25)10-15-8-9-18(26-15)13-4-6-14(21)7-5-13/h4-10H,3H2,1-2H3/b16-10-. The van der Waals surface area contributed by atoms with Crippen LogP contribution < -0.4 is 0 Å². The van der Waals surface area contributed by atoms with E-state index < -0.39 is 11.8 Å². The third-order valence-electron chi connectivity index (χ3n) is 4.18. The lowest BCUT2D eigenvalue weighted by atomic mass is 9.95. The number of halogens is 1. The van der Waals surface area contributed by atoms with E-state index >= 15 is 0 Å². The maximum absolute atomic E-state index is 13.0. The average Bonchev–Trinajstić information content (AvgIpc) is 3.09. The van der Waals surface area contributed by atoms with Crippen molar-refractivity contribution in [2.45, 2.75) is 13.8 Å². The number of imide groups is 1. The number of hydrogen-bond donors (Lipinski definition) is 0. The van der Waals surface area contributed by atoms with Gasteiger partial charge in [0.25, 0.3) is 11.8 Å². The number of likely N-dealkylation sites (N-methyl/N-ethyl adjacent to an activating group) is 1. The van der Waals surface area contributed by atoms with Crippen molar-refractivity contribution in [1.82, 2.24) is 4.90 Å². The first kappa shape index (κ1) is 17.4. The van der Waals surface area contributed by atoms with E-state index in [1.54, 1.807) is 38.1 Å². The topological polar surface area (TPSA) is 74.3 Å². The van der Waals surface area contributed by atoms with Crippen LogP contribution in [-0.4, -0.2) is 23.3 Å². The Kier molecular flexibility index (Phi) is 4.55. The number of amides is 2. The zero-order valence-electron chi connectivity index (χ0n) is 14.2. The van der Waals surface area contributed by atoms with E-state index in [2.05, 4.69) is 0 Å². The molecule has 0 saturated carbocycles. The third kappa shape index (κ3) is 2.95. The fourth-order valence-electron chi connectivity index (χ4n) is 2.76. The highest BCUT2D eigenvalue weighted by molar-refractivity contribution is 6.19. The van der Waals surface area contributed by atoms with Gasteiger partial charge in [0.2, 0.25) is 0 Å². The van der Waals surface area contributed by atoms with E-state index in [0.717, 1.165) is 4.90 Å². The van der Waals surface area contributed by atoms with E-state index in [4.69, 9.17) is 4.42 Å². The highest BCUT2D eigenvalue weighted by Crippen LogP contribution is 2.29. The minimum absolute atomic E-state index is 0.0528. The number of benzene rings is 1. The van der Waals surface area contributed by atoms with Crippen molar-refractivity contribution in [3.63, 3.8) is 0 Å². The lowest BCUT2D eigenvalue weighted by Gasteiger charge is -2.25. The van der Waals surface area contributed by atoms with Crippen molar-refractivity contribution in [2.75, 3.05) is 6.54 Å². The van der Waals surface area contributed by atoms with Crippen molar-refractivity contribution >= 4 is 17.9 Å². The highest BCUT2D eigenvalue weighted by Gasteiger charge is 2.34. The summed E-state index contributed by atoms with van der Waals surface area (Å²) in [5.41, 5.74) is 1.21. The minimum atomic E-state index is -0.582. The molecule has 0 fully saturated rings. The SMILES string of the molecule is CCN1C(=O)C(C#N)=C(C)/C(=C/c2ccc(-c3ccc(F)cc3)o2)C1=O. The molecule has 1 aliphatic rings. The molecule has 1 aliphatic heterocycles. The molecular formula is C20H15FN2O3. The van der Waals surface area contributed by atoms with Crippen molar-refractivity contribution in [1.29, 1.82) is 5.26 Å². The first-order chi connectivity index (χ1) is 12.5. The van der Waals surface area contributed by atoms with Crippen LogP contribution in [0.4, 0.5) is 4.39 Å². The first-order valence-corrected chi connectivity index (χ1v) is 8.01. The molecular weight excluding hydrogens is 335 g/mol. The third-order valence-corrected chi connectivity index (χ3v) is 4.18. The maximum atomic E-state index is 13.0. The van der Waals surface area contributed by atoms with Gasteiger partial charge in [0.1, 0.15) is 29.0 Å². The van der Waals surface area contributed by atoms with Gasteiger partial charge in [-0.05, 0) is 61.9 Å². The van der Waals surface area contributed by atoms with Crippen molar-refractivity contribution in [3.8, 4) is 17.4 Å². The van der Waals surface area contributed by atoms with Crippen molar-refractivity contribution in [2.24, 2.45) is 0 Å². The molecule has 2 aromatic rings. The second-order valence-corrected chi connectivity index (χ2v) is 5.73. The summed E-state index contributed by atoms with van der Waals surface area (Å²) < 4.78 is 18.7. The molecule has 130 valence electrons. The largest absolute Gasteiger partial charge is 0.457 e. The van der Waals surface area contributed by atoms with Gasteiger partial charge in [0.15, 0.2) is 0 Å². The smallest absolute Gasteiger partial charge is 0.271 e. The van der Waals surface area contributed by atoms with Crippen molar-refractivity contribution in [3.05, 3.63) is 64.7 Å². The number of carbonyl (C=O) groups excluding carboxylic acids is 2. The van der Waals surface area contributed by atoms with E-state index in [0.29, 0.717) is 22.7 Å². The fraction of sp³-hybridized carbons (Fsp3) is 0.150. The number of carbonyl (C=O) groups is 2. The number of furan rings is 1. The molecule has 6 heteroatoms. The van der Waals surface area contributed by atoms with Gasteiger partial charge in [-0.1, -0.05) is 0 Å². The van der Waals surface area contributed by atoms with Gasteiger partial charge in [-0.3, -0.25) is 14.5 Å². The zero-order chi connectivity index (χ0) is 18.8. The Hall–Kier alpha value is -3.46. The fourth-order valence-corrected chi connectivity index (χ4v) is 2.76. The lowest BCUT2D eigenvalue weighted by Crippen LogP contribution is -2.42. The van der Waals surface area contributed by atoms with E-state index in [9.17, 15) is 19.2 Å². The second-order valence-electron chi connectivity index (χ2n) is 5.73. The Morgan fingerprint density at radius 3 is 2.46 bits per heavy atom. The van der Waals surface area contributed by atoms with Gasteiger partial charge in [0, 0.05) is 17.7 Å². The van der Waals surface area contributed by atoms with E-state index in [1.165, 1.54) is 18.2 Å². The summed E-state index contributed by atoms with van der Waals surface area (Å²) in [5.74, 6) is -0.472. The molecule has 1 aromatic carbocycles. The van der Waals surface area contributed by atoms with Crippen LogP contribution in [0.1, 0.15) is 19.6 Å². The van der Waals surface area contributed by atoms with Gasteiger partial charge in [-0.25, -0.2) is 4.39 Å². The summed E-state index contributed by atoms with van der Waals surface area (Å²) in [6.45, 7) is 3.41. The molecule has 0 aliphatic carbocycles. The first-order valence-electron chi connectivity index (χ1n) is 8.01. The van der Waals surface area contributed by atoms with Crippen LogP contribution in [-0.2, 0) is 9.59 Å². The summed E-state index contributed by atoms with van der Waals surface area (Å²) in [7, 11) is 0. The van der Waals surface area contributed by atoms with Crippen LogP contribution in [0.5, 0.6) is 0 Å². The van der Waals surface area contributed by atoms with Gasteiger partial charge in [-0.2, -0.15) is 5.26 Å². The summed E-state index contributed by atoms with van der Waals surface area (Å²) in [4.78, 5) is 25.8. The van der Waals surface area contributed by atoms with Gasteiger partial charge >= 0.3 is 0 Å². The molecule has 0 unspecified atom stereocenters. The van der Waals surface area contributed by atoms with E-state index in [-0.39, 0.29) is 23.5 Å². The Labute approximate surface area is 149 Å². The van der Waals surface area contributed by atoms with Crippen LogP contribution in [0.3, 0.4) is 0 Å². The highest BCUT2D eigenvalue weighted by atomic mass is 19.1. The number of rotatable bonds is 3. The number of hydrogen-bond acceptors (Lipinski definition) is 4. The normalized spacial score (nSPS) is 16.4. The Morgan fingerprint density at radius 1 is 1.15 bits per heavy atom. The molecule has 2 heterocycles. The molecule has 0 atom stereocenters. The summed E-state index contributed by atoms with van der Waals surface area (Å²) in [6.07, 6.45) is 1.51. The summed E-state index contributed by atoms with van der Waals surface area (Å²) >= 11 is 0. The van der Waals surface area contributed by atoms with Gasteiger partial charge in [-0.15, -0.1) is 0 Å². The summed E-state index contributed by atoms with van der Waals surface area (Å²) in [5, 5.41) is 9.24. The summed E-state index contributed by atoms with van der Waals surface area (Å²) in [6, 6.07) is 11.1. The van der Waals surface area contributed by atoms with Crippen LogP contribution >= 0.6 is 0 Å². The molecule has 0 N–H and O–H groups in total. The Balaban J connectivity index is 2.02. The van der Waals surface area contributed by atoms with Crippen LogP contribution in [0.25, 0.3) is 17.4 Å².